The predicted molar refractivity (Wildman–Crippen MR) is 70.8 cm³/mol. The van der Waals surface area contributed by atoms with E-state index in [9.17, 15) is 0 Å². The van der Waals surface area contributed by atoms with Gasteiger partial charge in [0.15, 0.2) is 0 Å². The molecule has 0 spiro atoms. The maximum Gasteiger partial charge on any atom is 0.0376 e. The van der Waals surface area contributed by atoms with Crippen LogP contribution in [0.5, 0.6) is 0 Å². The highest BCUT2D eigenvalue weighted by molar-refractivity contribution is 4.90. The molecule has 1 aliphatic rings. The molecule has 1 heterocycles. The summed E-state index contributed by atoms with van der Waals surface area (Å²) in [4.78, 5) is 4.97. The summed E-state index contributed by atoms with van der Waals surface area (Å²) >= 11 is 0. The lowest BCUT2D eigenvalue weighted by molar-refractivity contribution is 0.0732. The first-order chi connectivity index (χ1) is 7.60. The van der Waals surface area contributed by atoms with Crippen molar-refractivity contribution in [2.75, 3.05) is 40.8 Å². The van der Waals surface area contributed by atoms with Crippen LogP contribution in [0.3, 0.4) is 0 Å². The van der Waals surface area contributed by atoms with Crippen molar-refractivity contribution in [2.45, 2.75) is 38.8 Å². The third-order valence-corrected chi connectivity index (χ3v) is 4.00. The normalized spacial score (nSPS) is 27.9. The van der Waals surface area contributed by atoms with E-state index in [1.165, 1.54) is 32.5 Å². The Morgan fingerprint density at radius 3 is 2.56 bits per heavy atom. The molecule has 0 saturated carbocycles. The minimum Gasteiger partial charge on any atom is -0.315 e. The zero-order chi connectivity index (χ0) is 12.1. The molecule has 96 valence electrons. The molecule has 3 heteroatoms. The van der Waals surface area contributed by atoms with Crippen LogP contribution in [-0.2, 0) is 0 Å². The van der Waals surface area contributed by atoms with E-state index in [1.807, 2.05) is 0 Å². The van der Waals surface area contributed by atoms with Gasteiger partial charge in [-0.15, -0.1) is 0 Å². The topological polar surface area (TPSA) is 18.5 Å². The van der Waals surface area contributed by atoms with Crippen molar-refractivity contribution >= 4 is 0 Å². The van der Waals surface area contributed by atoms with Crippen LogP contribution in [0.2, 0.25) is 0 Å². The maximum absolute atomic E-state index is 3.54. The highest BCUT2D eigenvalue weighted by Gasteiger charge is 2.31. The van der Waals surface area contributed by atoms with Crippen molar-refractivity contribution in [3.63, 3.8) is 0 Å². The number of hydrogen-bond donors (Lipinski definition) is 1. The van der Waals surface area contributed by atoms with Gasteiger partial charge in [0, 0.05) is 31.7 Å². The van der Waals surface area contributed by atoms with Crippen LogP contribution < -0.4 is 5.32 Å². The Morgan fingerprint density at radius 2 is 2.00 bits per heavy atom. The molecule has 0 radical (unpaired) electrons. The van der Waals surface area contributed by atoms with Crippen LogP contribution in [0.25, 0.3) is 0 Å². The Hall–Kier alpha value is -0.120. The van der Waals surface area contributed by atoms with Gasteiger partial charge in [-0.05, 0) is 33.5 Å². The summed E-state index contributed by atoms with van der Waals surface area (Å²) in [7, 11) is 6.61. The molecule has 0 amide bonds. The maximum atomic E-state index is 3.54. The molecule has 0 aromatic rings. The number of likely N-dealkylation sites (N-methyl/N-ethyl adjacent to an activating group) is 3. The zero-order valence-corrected chi connectivity index (χ0v) is 11.7. The van der Waals surface area contributed by atoms with Crippen molar-refractivity contribution < 1.29 is 0 Å². The van der Waals surface area contributed by atoms with Crippen molar-refractivity contribution in [2.24, 2.45) is 5.92 Å². The quantitative estimate of drug-likeness (QED) is 0.763. The fourth-order valence-corrected chi connectivity index (χ4v) is 2.92. The van der Waals surface area contributed by atoms with E-state index in [4.69, 9.17) is 0 Å². The van der Waals surface area contributed by atoms with Crippen LogP contribution in [-0.4, -0.2) is 62.7 Å². The summed E-state index contributed by atoms with van der Waals surface area (Å²) in [6.45, 7) is 8.24. The van der Waals surface area contributed by atoms with Gasteiger partial charge < -0.3 is 10.2 Å². The smallest absolute Gasteiger partial charge is 0.0376 e. The van der Waals surface area contributed by atoms with Gasteiger partial charge in [-0.2, -0.15) is 0 Å². The lowest BCUT2D eigenvalue weighted by atomic mass is 9.89. The van der Waals surface area contributed by atoms with Gasteiger partial charge in [0.25, 0.3) is 0 Å². The summed E-state index contributed by atoms with van der Waals surface area (Å²) in [6, 6.07) is 1.28. The second-order valence-electron chi connectivity index (χ2n) is 5.39. The van der Waals surface area contributed by atoms with E-state index >= 15 is 0 Å². The first-order valence-corrected chi connectivity index (χ1v) is 6.66. The summed E-state index contributed by atoms with van der Waals surface area (Å²) in [5, 5.41) is 3.54. The summed E-state index contributed by atoms with van der Waals surface area (Å²) in [5.74, 6) is 0.758. The molecule has 1 fully saturated rings. The van der Waals surface area contributed by atoms with Crippen LogP contribution in [0.1, 0.15) is 26.7 Å². The van der Waals surface area contributed by atoms with E-state index in [1.54, 1.807) is 0 Å². The number of nitrogens with one attached hydrogen (secondary N) is 1. The van der Waals surface area contributed by atoms with Gasteiger partial charge in [0.2, 0.25) is 0 Å². The monoisotopic (exact) mass is 227 g/mol. The van der Waals surface area contributed by atoms with Crippen molar-refractivity contribution in [1.29, 1.82) is 0 Å². The average molecular weight is 227 g/mol. The largest absolute Gasteiger partial charge is 0.315 e. The molecule has 0 aromatic heterocycles. The molecule has 16 heavy (non-hydrogen) atoms. The highest BCUT2D eigenvalue weighted by atomic mass is 15.3. The molecule has 1 rings (SSSR count). The Kier molecular flexibility index (Phi) is 5.73. The summed E-state index contributed by atoms with van der Waals surface area (Å²) in [5.41, 5.74) is 0. The Balaban J connectivity index is 2.62. The van der Waals surface area contributed by atoms with E-state index in [-0.39, 0.29) is 0 Å². The van der Waals surface area contributed by atoms with Gasteiger partial charge in [0.1, 0.15) is 0 Å². The van der Waals surface area contributed by atoms with E-state index in [0.29, 0.717) is 12.1 Å². The van der Waals surface area contributed by atoms with Crippen LogP contribution >= 0.6 is 0 Å². The van der Waals surface area contributed by atoms with Gasteiger partial charge in [-0.25, -0.2) is 0 Å². The lowest BCUT2D eigenvalue weighted by Gasteiger charge is -2.43. The summed E-state index contributed by atoms with van der Waals surface area (Å²) < 4.78 is 0. The first kappa shape index (κ1) is 13.9. The standard InChI is InChI=1S/C13H29N3/c1-6-7-11(2)13(14-3)12-10-15(4)8-9-16(12)5/h11-14H,6-10H2,1-5H3. The fourth-order valence-electron chi connectivity index (χ4n) is 2.92. The fraction of sp³-hybridized carbons (Fsp3) is 1.00. The van der Waals surface area contributed by atoms with E-state index in [2.05, 4.69) is 50.1 Å². The van der Waals surface area contributed by atoms with Crippen molar-refractivity contribution in [3.8, 4) is 0 Å². The third kappa shape index (κ3) is 3.44. The van der Waals surface area contributed by atoms with Gasteiger partial charge in [0.05, 0.1) is 0 Å². The van der Waals surface area contributed by atoms with Crippen LogP contribution in [0, 0.1) is 5.92 Å². The molecule has 1 saturated heterocycles. The van der Waals surface area contributed by atoms with Gasteiger partial charge in [-0.3, -0.25) is 4.90 Å². The van der Waals surface area contributed by atoms with E-state index in [0.717, 1.165) is 5.92 Å². The second-order valence-corrected chi connectivity index (χ2v) is 5.39. The molecule has 0 aromatic carbocycles. The zero-order valence-electron chi connectivity index (χ0n) is 11.7. The van der Waals surface area contributed by atoms with Crippen LogP contribution in [0.15, 0.2) is 0 Å². The Labute approximate surface area is 101 Å². The summed E-state index contributed by atoms with van der Waals surface area (Å²) in [6.07, 6.45) is 2.60. The minimum absolute atomic E-state index is 0.618. The number of rotatable bonds is 5. The van der Waals surface area contributed by atoms with Crippen molar-refractivity contribution in [3.05, 3.63) is 0 Å². The highest BCUT2D eigenvalue weighted by Crippen LogP contribution is 2.19. The molecule has 1 N–H and O–H groups in total. The molecule has 0 bridgehead atoms. The minimum atomic E-state index is 0.618. The SMILES string of the molecule is CCCC(C)C(NC)C1CN(C)CCN1C. The molecule has 3 unspecified atom stereocenters. The first-order valence-electron chi connectivity index (χ1n) is 6.66. The Bertz CT molecular complexity index is 196. The predicted octanol–water partition coefficient (Wildman–Crippen LogP) is 1.26. The molecule has 3 nitrogen and oxygen atoms in total. The average Bonchev–Trinajstić information content (AvgIpc) is 2.24. The molecule has 1 aliphatic heterocycles. The number of piperazine rings is 1. The third-order valence-electron chi connectivity index (χ3n) is 4.00. The number of hydrogen-bond acceptors (Lipinski definition) is 3. The Morgan fingerprint density at radius 1 is 1.31 bits per heavy atom. The van der Waals surface area contributed by atoms with Crippen molar-refractivity contribution in [1.82, 2.24) is 15.1 Å². The number of nitrogens with zero attached hydrogens (tertiary/aromatic N) is 2. The lowest BCUT2D eigenvalue weighted by Crippen LogP contribution is -2.59. The molecule has 0 aliphatic carbocycles. The van der Waals surface area contributed by atoms with Crippen LogP contribution in [0.4, 0.5) is 0 Å². The molecular weight excluding hydrogens is 198 g/mol. The molecule has 3 atom stereocenters. The van der Waals surface area contributed by atoms with E-state index < -0.39 is 0 Å². The second kappa shape index (κ2) is 6.58. The van der Waals surface area contributed by atoms with Gasteiger partial charge >= 0.3 is 0 Å². The van der Waals surface area contributed by atoms with Gasteiger partial charge in [-0.1, -0.05) is 20.3 Å². The molecular formula is C13H29N3.